The maximum Gasteiger partial charge on any atom is 0.417 e. The van der Waals surface area contributed by atoms with Crippen molar-refractivity contribution in [3.8, 4) is 5.75 Å². The number of hydrogen-bond donors (Lipinski definition) is 4. The van der Waals surface area contributed by atoms with Gasteiger partial charge in [0.2, 0.25) is 29.4 Å². The Morgan fingerprint density at radius 1 is 0.886 bits per heavy atom. The molecule has 2 aromatic heterocycles. The number of primary amides is 1. The summed E-state index contributed by atoms with van der Waals surface area (Å²) in [5.41, 5.74) is 2.84. The van der Waals surface area contributed by atoms with Gasteiger partial charge in [-0.3, -0.25) is 43.6 Å². The van der Waals surface area contributed by atoms with E-state index in [-0.39, 0.29) is 90.4 Å². The smallest absolute Gasteiger partial charge is 0.417 e. The van der Waals surface area contributed by atoms with Crippen LogP contribution in [0.3, 0.4) is 0 Å². The highest BCUT2D eigenvalue weighted by molar-refractivity contribution is 5.97. The molecule has 24 heteroatoms. The molecule has 19 nitrogen and oxygen atoms in total. The molecule has 3 aromatic rings. The highest BCUT2D eigenvalue weighted by atomic mass is 19.4. The van der Waals surface area contributed by atoms with Crippen molar-refractivity contribution in [2.24, 2.45) is 17.6 Å². The molecule has 0 unspecified atom stereocenters. The second-order valence-corrected chi connectivity index (χ2v) is 21.4. The quantitative estimate of drug-likeness (QED) is 0.0780. The normalized spacial score (nSPS) is 26.6. The van der Waals surface area contributed by atoms with Crippen LogP contribution in [0.4, 0.5) is 27.6 Å². The third-order valence-electron chi connectivity index (χ3n) is 16.0. The molecule has 1 aromatic carbocycles. The summed E-state index contributed by atoms with van der Waals surface area (Å²) in [7, 11) is 1.71. The minimum Gasteiger partial charge on any atom is -0.489 e. The number of likely N-dealkylation sites (tertiary alicyclic amines) is 1. The third-order valence-corrected chi connectivity index (χ3v) is 16.0. The number of alkyl halides is 3. The zero-order valence-electron chi connectivity index (χ0n) is 44.4. The number of rotatable bonds is 21. The zero-order chi connectivity index (χ0) is 56.4. The molecular formula is C55H70F5N9O10. The standard InChI is InChI=1S/C55H70F5N9O10/c1-54(55(58,59)60)31-41(49(79-54)52(74)66-36-17-19-63-43(29-36)50(61)72)39-15-16-42(56)46(57)48(39)78-28-25-68-21-23-69(24-22-68)53(75)33-7-9-35(10-8-33)65-44(70)6-4-26-76-37-11-13-38(14-12-37)77-27-20-64-51(73)40-30-45(71)67(2)47(40)34-5-3-18-62-32-34/h3,5,15-19,29,32-33,35,37-38,40-41,47,49H,4,6-14,20-28,30-31H2,1-2H3,(H2,61,72)(H,64,73)(H,65,70)(H,63,66,74)/t33?,35?,37?,38?,40-,41-,47+,49+,54+/m0/s1. The van der Waals surface area contributed by atoms with E-state index >= 15 is 4.39 Å². The van der Waals surface area contributed by atoms with Crippen LogP contribution in [-0.4, -0.2) is 162 Å². The Hall–Kier alpha value is -6.37. The number of carbonyl (C=O) groups is 6. The Morgan fingerprint density at radius 2 is 1.59 bits per heavy atom. The molecule has 3 aliphatic heterocycles. The van der Waals surface area contributed by atoms with Crippen LogP contribution in [0.2, 0.25) is 0 Å². The maximum absolute atomic E-state index is 15.5. The molecule has 6 amide bonds. The van der Waals surface area contributed by atoms with Gasteiger partial charge in [-0.1, -0.05) is 12.1 Å². The van der Waals surface area contributed by atoms with Gasteiger partial charge in [0.15, 0.2) is 17.2 Å². The van der Waals surface area contributed by atoms with Crippen molar-refractivity contribution in [1.29, 1.82) is 0 Å². The molecule has 5 atom stereocenters. The summed E-state index contributed by atoms with van der Waals surface area (Å²) in [6.45, 7) is 3.71. The summed E-state index contributed by atoms with van der Waals surface area (Å²) >= 11 is 0. The van der Waals surface area contributed by atoms with Crippen molar-refractivity contribution < 1.29 is 69.7 Å². The molecule has 0 radical (unpaired) electrons. The van der Waals surface area contributed by atoms with Gasteiger partial charge >= 0.3 is 6.18 Å². The minimum atomic E-state index is -4.95. The molecule has 5 aliphatic rings. The third kappa shape index (κ3) is 14.7. The maximum atomic E-state index is 15.5. The molecule has 5 fully saturated rings. The number of anilines is 1. The molecule has 430 valence electrons. The number of nitrogens with one attached hydrogen (secondary N) is 3. The summed E-state index contributed by atoms with van der Waals surface area (Å²) in [5.74, 6) is -7.73. The van der Waals surface area contributed by atoms with E-state index in [9.17, 15) is 46.3 Å². The van der Waals surface area contributed by atoms with Crippen molar-refractivity contribution in [2.45, 2.75) is 132 Å². The summed E-state index contributed by atoms with van der Waals surface area (Å²) in [5, 5.41) is 8.49. The molecule has 3 saturated heterocycles. The lowest BCUT2D eigenvalue weighted by Crippen LogP contribution is -2.51. The Bertz CT molecular complexity index is 2630. The number of halogens is 5. The van der Waals surface area contributed by atoms with Gasteiger partial charge in [-0.25, -0.2) is 4.39 Å². The summed E-state index contributed by atoms with van der Waals surface area (Å²) in [6.07, 6.45) is 4.07. The van der Waals surface area contributed by atoms with E-state index in [1.54, 1.807) is 35.3 Å². The monoisotopic (exact) mass is 1110 g/mol. The fraction of sp³-hybridized carbons (Fsp3) is 0.600. The van der Waals surface area contributed by atoms with E-state index in [2.05, 4.69) is 25.9 Å². The second-order valence-electron chi connectivity index (χ2n) is 21.4. The van der Waals surface area contributed by atoms with Crippen LogP contribution in [0, 0.1) is 23.5 Å². The van der Waals surface area contributed by atoms with Crippen molar-refractivity contribution >= 4 is 41.1 Å². The van der Waals surface area contributed by atoms with Gasteiger partial charge in [0, 0.05) is 113 Å². The molecule has 2 aliphatic carbocycles. The fourth-order valence-electron chi connectivity index (χ4n) is 11.5. The van der Waals surface area contributed by atoms with Gasteiger partial charge < -0.3 is 50.4 Å². The molecular weight excluding hydrogens is 1040 g/mol. The van der Waals surface area contributed by atoms with Gasteiger partial charge in [-0.05, 0) is 101 Å². The van der Waals surface area contributed by atoms with E-state index in [1.807, 2.05) is 11.0 Å². The van der Waals surface area contributed by atoms with Crippen molar-refractivity contribution in [3.05, 3.63) is 83.4 Å². The van der Waals surface area contributed by atoms with Crippen LogP contribution in [0.15, 0.2) is 55.0 Å². The number of amides is 6. The van der Waals surface area contributed by atoms with Crippen molar-refractivity contribution in [3.63, 3.8) is 0 Å². The number of aromatic nitrogens is 2. The predicted molar refractivity (Wildman–Crippen MR) is 275 cm³/mol. The number of pyridine rings is 2. The van der Waals surface area contributed by atoms with Crippen molar-refractivity contribution in [2.75, 3.05) is 71.5 Å². The number of benzene rings is 1. The summed E-state index contributed by atoms with van der Waals surface area (Å²) in [6, 6.07) is 7.53. The number of nitrogens with zero attached hydrogens (tertiary/aromatic N) is 5. The number of piperazine rings is 1. The first-order valence-corrected chi connectivity index (χ1v) is 27.2. The zero-order valence-corrected chi connectivity index (χ0v) is 44.4. The van der Waals surface area contributed by atoms with Gasteiger partial charge in [0.05, 0.1) is 30.8 Å². The van der Waals surface area contributed by atoms with Crippen LogP contribution in [0.5, 0.6) is 5.75 Å². The Balaban J connectivity index is 0.694. The highest BCUT2D eigenvalue weighted by Gasteiger charge is 2.61. The largest absolute Gasteiger partial charge is 0.489 e. The topological polar surface area (TPSA) is 237 Å². The Kier molecular flexibility index (Phi) is 19.5. The van der Waals surface area contributed by atoms with Crippen LogP contribution < -0.4 is 26.4 Å². The van der Waals surface area contributed by atoms with Gasteiger partial charge in [-0.15, -0.1) is 0 Å². The molecule has 5 heterocycles. The summed E-state index contributed by atoms with van der Waals surface area (Å²) in [4.78, 5) is 90.5. The van der Waals surface area contributed by atoms with E-state index in [1.165, 1.54) is 12.3 Å². The average Bonchev–Trinajstić information content (AvgIpc) is 3.96. The van der Waals surface area contributed by atoms with E-state index in [4.69, 9.17) is 24.7 Å². The number of nitrogens with two attached hydrogens (primary N) is 1. The molecule has 5 N–H and O–H groups in total. The lowest BCUT2D eigenvalue weighted by molar-refractivity contribution is -0.261. The molecule has 0 bridgehead atoms. The lowest BCUT2D eigenvalue weighted by Gasteiger charge is -2.38. The van der Waals surface area contributed by atoms with E-state index < -0.39 is 65.3 Å². The van der Waals surface area contributed by atoms with E-state index in [0.717, 1.165) is 56.4 Å². The molecule has 2 saturated carbocycles. The fourth-order valence-corrected chi connectivity index (χ4v) is 11.5. The molecule has 79 heavy (non-hydrogen) atoms. The Morgan fingerprint density at radius 3 is 2.27 bits per heavy atom. The first kappa shape index (κ1) is 58.8. The first-order valence-electron chi connectivity index (χ1n) is 27.2. The van der Waals surface area contributed by atoms with Gasteiger partial charge in [0.1, 0.15) is 18.4 Å². The van der Waals surface area contributed by atoms with Crippen LogP contribution in [-0.2, 0) is 38.2 Å². The minimum absolute atomic E-state index is 0.00730. The van der Waals surface area contributed by atoms with Crippen LogP contribution in [0.25, 0.3) is 0 Å². The Labute approximate surface area is 455 Å². The van der Waals surface area contributed by atoms with Crippen molar-refractivity contribution in [1.82, 2.24) is 35.3 Å². The second kappa shape index (κ2) is 26.3. The number of hydrogen-bond acceptors (Lipinski definition) is 13. The summed E-state index contributed by atoms with van der Waals surface area (Å²) < 4.78 is 96.7. The van der Waals surface area contributed by atoms with Gasteiger partial charge in [0.25, 0.3) is 11.8 Å². The number of carbonyl (C=O) groups excluding carboxylic acids is 6. The van der Waals surface area contributed by atoms with Gasteiger partial charge in [-0.2, -0.15) is 17.6 Å². The predicted octanol–water partition coefficient (Wildman–Crippen LogP) is 5.34. The van der Waals surface area contributed by atoms with Crippen LogP contribution in [0.1, 0.15) is 118 Å². The lowest BCUT2D eigenvalue weighted by atomic mass is 9.85. The highest BCUT2D eigenvalue weighted by Crippen LogP contribution is 2.51. The first-order chi connectivity index (χ1) is 37.8. The van der Waals surface area contributed by atoms with E-state index in [0.29, 0.717) is 84.5 Å². The van der Waals surface area contributed by atoms with Crippen LogP contribution >= 0.6 is 0 Å². The molecule has 0 spiro atoms. The number of ether oxygens (including phenoxy) is 4. The SMILES string of the molecule is CN1C(=O)C[C@H](C(=O)NCCOC2CCC(OCCCC(=O)NC3CCC(C(=O)N4CCN(CCOc5c([C@@H]6C[C@](C)(C(F)(F)F)O[C@H]6C(=O)Nc6ccnc(C(N)=O)c6)ccc(F)c5F)CC4)CC3)CC2)[C@H]1c1cccnc1. The average molecular weight is 1110 g/mol. The molecule has 8 rings (SSSR count).